The molecule has 1 heterocycles. The minimum Gasteiger partial charge on any atom is -0.383 e. The maximum atomic E-state index is 12.6. The van der Waals surface area contributed by atoms with E-state index in [1.807, 2.05) is 37.3 Å². The highest BCUT2D eigenvalue weighted by Gasteiger charge is 2.17. The molecular formula is C22H18N4O2S. The minimum absolute atomic E-state index is 0.00353. The van der Waals surface area contributed by atoms with Crippen molar-refractivity contribution in [3.05, 3.63) is 82.9 Å². The fourth-order valence-corrected chi connectivity index (χ4v) is 3.50. The number of pyridine rings is 1. The first-order valence-corrected chi connectivity index (χ1v) is 9.76. The van der Waals surface area contributed by atoms with Crippen LogP contribution in [0, 0.1) is 18.3 Å². The van der Waals surface area contributed by atoms with Crippen LogP contribution in [-0.4, -0.2) is 22.4 Å². The summed E-state index contributed by atoms with van der Waals surface area (Å²) >= 11 is 1.12. The lowest BCUT2D eigenvalue weighted by Crippen LogP contribution is -2.16. The molecule has 0 aliphatic heterocycles. The zero-order valence-corrected chi connectivity index (χ0v) is 16.5. The highest BCUT2D eigenvalue weighted by molar-refractivity contribution is 8.00. The van der Waals surface area contributed by atoms with Crippen molar-refractivity contribution in [1.82, 2.24) is 4.98 Å². The van der Waals surface area contributed by atoms with Crippen LogP contribution in [0.2, 0.25) is 0 Å². The van der Waals surface area contributed by atoms with Gasteiger partial charge in [0.05, 0.1) is 16.9 Å². The predicted molar refractivity (Wildman–Crippen MR) is 114 cm³/mol. The molecule has 6 nitrogen and oxygen atoms in total. The molecular weight excluding hydrogens is 384 g/mol. The number of Topliss-reactive ketones (excluding diaryl/α,β-unsaturated/α-hetero) is 1. The second-order valence-corrected chi connectivity index (χ2v) is 7.25. The zero-order valence-electron chi connectivity index (χ0n) is 15.7. The number of nitrogens with one attached hydrogen (secondary N) is 1. The first-order valence-electron chi connectivity index (χ1n) is 8.77. The highest BCUT2D eigenvalue weighted by atomic mass is 32.2. The van der Waals surface area contributed by atoms with Crippen molar-refractivity contribution >= 4 is 35.0 Å². The number of nitrogens with zero attached hydrogens (tertiary/aromatic N) is 2. The summed E-state index contributed by atoms with van der Waals surface area (Å²) in [5, 5.41) is 12.5. The Morgan fingerprint density at radius 3 is 2.59 bits per heavy atom. The third-order valence-electron chi connectivity index (χ3n) is 4.09. The van der Waals surface area contributed by atoms with Crippen LogP contribution < -0.4 is 11.1 Å². The van der Waals surface area contributed by atoms with Gasteiger partial charge >= 0.3 is 0 Å². The third kappa shape index (κ3) is 5.00. The van der Waals surface area contributed by atoms with Gasteiger partial charge in [0.25, 0.3) is 5.91 Å². The van der Waals surface area contributed by atoms with Crippen LogP contribution in [0.5, 0.6) is 0 Å². The number of aryl methyl sites for hydroxylation is 1. The normalized spacial score (nSPS) is 10.2. The van der Waals surface area contributed by atoms with Gasteiger partial charge in [-0.05, 0) is 30.7 Å². The number of benzene rings is 2. The Balaban J connectivity index is 1.77. The van der Waals surface area contributed by atoms with E-state index >= 15 is 0 Å². The van der Waals surface area contributed by atoms with Gasteiger partial charge in [0.15, 0.2) is 5.78 Å². The SMILES string of the molecule is Cc1cccc(NC(=O)c2cc(C#N)c(SCC(=O)c3ccccc3)nc2N)c1. The fraction of sp³-hybridized carbons (Fsp3) is 0.0909. The molecule has 3 N–H and O–H groups in total. The van der Waals surface area contributed by atoms with E-state index in [4.69, 9.17) is 5.73 Å². The fourth-order valence-electron chi connectivity index (χ4n) is 2.64. The molecule has 0 atom stereocenters. The molecule has 3 aromatic rings. The molecule has 0 fully saturated rings. The number of rotatable bonds is 6. The number of hydrogen-bond donors (Lipinski definition) is 2. The molecule has 1 amide bonds. The van der Waals surface area contributed by atoms with Crippen LogP contribution in [0.4, 0.5) is 11.5 Å². The molecule has 29 heavy (non-hydrogen) atoms. The summed E-state index contributed by atoms with van der Waals surface area (Å²) in [4.78, 5) is 29.1. The van der Waals surface area contributed by atoms with Gasteiger partial charge in [0.2, 0.25) is 0 Å². The molecule has 0 bridgehead atoms. The van der Waals surface area contributed by atoms with Crippen molar-refractivity contribution in [1.29, 1.82) is 5.26 Å². The van der Waals surface area contributed by atoms with Gasteiger partial charge in [-0.1, -0.05) is 54.2 Å². The second-order valence-electron chi connectivity index (χ2n) is 6.29. The van der Waals surface area contributed by atoms with E-state index in [9.17, 15) is 14.9 Å². The van der Waals surface area contributed by atoms with Crippen molar-refractivity contribution in [3.63, 3.8) is 0 Å². The Hall–Kier alpha value is -3.63. The first-order chi connectivity index (χ1) is 14.0. The summed E-state index contributed by atoms with van der Waals surface area (Å²) in [5.74, 6) is -0.418. The molecule has 144 valence electrons. The smallest absolute Gasteiger partial charge is 0.259 e. The molecule has 7 heteroatoms. The van der Waals surface area contributed by atoms with E-state index in [-0.39, 0.29) is 28.5 Å². The molecule has 0 aliphatic rings. The number of carbonyl (C=O) groups excluding carboxylic acids is 2. The van der Waals surface area contributed by atoms with E-state index in [0.29, 0.717) is 16.3 Å². The summed E-state index contributed by atoms with van der Waals surface area (Å²) < 4.78 is 0. The number of thioether (sulfide) groups is 1. The number of nitrogen functional groups attached to an aromatic ring is 1. The minimum atomic E-state index is -0.450. The summed E-state index contributed by atoms with van der Waals surface area (Å²) in [6.45, 7) is 1.92. The molecule has 3 rings (SSSR count). The molecule has 0 saturated carbocycles. The van der Waals surface area contributed by atoms with Crippen LogP contribution in [0.3, 0.4) is 0 Å². The highest BCUT2D eigenvalue weighted by Crippen LogP contribution is 2.25. The maximum Gasteiger partial charge on any atom is 0.259 e. The third-order valence-corrected chi connectivity index (χ3v) is 5.08. The van der Waals surface area contributed by atoms with Crippen molar-refractivity contribution in [2.45, 2.75) is 11.9 Å². The van der Waals surface area contributed by atoms with Gasteiger partial charge in [-0.15, -0.1) is 0 Å². The number of nitrogens with two attached hydrogens (primary N) is 1. The average molecular weight is 402 g/mol. The van der Waals surface area contributed by atoms with Gasteiger partial charge < -0.3 is 11.1 Å². The standard InChI is InChI=1S/C22H18N4O2S/c1-14-6-5-9-17(10-14)25-21(28)18-11-16(12-23)22(26-20(18)24)29-13-19(27)15-7-3-2-4-8-15/h2-11H,13H2,1H3,(H2,24,26)(H,25,28). The lowest BCUT2D eigenvalue weighted by molar-refractivity contribution is 0.101. The molecule has 0 spiro atoms. The monoisotopic (exact) mass is 402 g/mol. The Morgan fingerprint density at radius 1 is 1.14 bits per heavy atom. The summed E-state index contributed by atoms with van der Waals surface area (Å²) in [6, 6.07) is 19.6. The molecule has 2 aromatic carbocycles. The Morgan fingerprint density at radius 2 is 1.90 bits per heavy atom. The molecule has 0 unspecified atom stereocenters. The summed E-state index contributed by atoms with van der Waals surface area (Å²) in [7, 11) is 0. The average Bonchev–Trinajstić information content (AvgIpc) is 2.72. The van der Waals surface area contributed by atoms with Crippen molar-refractivity contribution in [2.75, 3.05) is 16.8 Å². The van der Waals surface area contributed by atoms with Crippen molar-refractivity contribution < 1.29 is 9.59 Å². The Kier molecular flexibility index (Phi) is 6.27. The van der Waals surface area contributed by atoms with Crippen LogP contribution >= 0.6 is 11.8 Å². The first kappa shape index (κ1) is 20.1. The number of aromatic nitrogens is 1. The predicted octanol–water partition coefficient (Wildman–Crippen LogP) is 4.07. The quantitative estimate of drug-likeness (QED) is 0.475. The molecule has 0 saturated heterocycles. The van der Waals surface area contributed by atoms with Gasteiger partial charge in [-0.3, -0.25) is 9.59 Å². The Bertz CT molecular complexity index is 1110. The Labute approximate surface area is 172 Å². The molecule has 1 aromatic heterocycles. The number of anilines is 2. The zero-order chi connectivity index (χ0) is 20.8. The lowest BCUT2D eigenvalue weighted by Gasteiger charge is -2.10. The van der Waals surface area contributed by atoms with Gasteiger partial charge in [-0.25, -0.2) is 4.98 Å². The number of carbonyl (C=O) groups is 2. The topological polar surface area (TPSA) is 109 Å². The number of amides is 1. The van der Waals surface area contributed by atoms with E-state index in [1.54, 1.807) is 30.3 Å². The summed E-state index contributed by atoms with van der Waals surface area (Å²) in [5.41, 5.74) is 8.48. The van der Waals surface area contributed by atoms with Crippen LogP contribution in [-0.2, 0) is 0 Å². The van der Waals surface area contributed by atoms with E-state index in [1.165, 1.54) is 6.07 Å². The van der Waals surface area contributed by atoms with E-state index < -0.39 is 5.91 Å². The molecule has 0 radical (unpaired) electrons. The summed E-state index contributed by atoms with van der Waals surface area (Å²) in [6.07, 6.45) is 0. The number of hydrogen-bond acceptors (Lipinski definition) is 6. The van der Waals surface area contributed by atoms with Crippen LogP contribution in [0.25, 0.3) is 0 Å². The second kappa shape index (κ2) is 9.04. The van der Waals surface area contributed by atoms with Gasteiger partial charge in [-0.2, -0.15) is 5.26 Å². The van der Waals surface area contributed by atoms with E-state index in [2.05, 4.69) is 10.3 Å². The van der Waals surface area contributed by atoms with Gasteiger partial charge in [0, 0.05) is 11.3 Å². The number of nitriles is 1. The van der Waals surface area contributed by atoms with E-state index in [0.717, 1.165) is 17.3 Å². The van der Waals surface area contributed by atoms with Crippen molar-refractivity contribution in [2.24, 2.45) is 0 Å². The van der Waals surface area contributed by atoms with Crippen molar-refractivity contribution in [3.8, 4) is 6.07 Å². The largest absolute Gasteiger partial charge is 0.383 e. The lowest BCUT2D eigenvalue weighted by atomic mass is 10.1. The maximum absolute atomic E-state index is 12.6. The number of ketones is 1. The van der Waals surface area contributed by atoms with Crippen LogP contribution in [0.15, 0.2) is 65.7 Å². The molecule has 0 aliphatic carbocycles. The van der Waals surface area contributed by atoms with Crippen LogP contribution in [0.1, 0.15) is 31.8 Å². The van der Waals surface area contributed by atoms with Gasteiger partial charge in [0.1, 0.15) is 16.9 Å².